The van der Waals surface area contributed by atoms with E-state index in [-0.39, 0.29) is 5.41 Å². The number of hydrogen-bond donors (Lipinski definition) is 3. The number of nitrogens with zero attached hydrogens (tertiary/aromatic N) is 1. The molecule has 2 rings (SSSR count). The summed E-state index contributed by atoms with van der Waals surface area (Å²) in [5, 5.41) is 18.9. The van der Waals surface area contributed by atoms with Crippen LogP contribution in [0.4, 0.5) is 5.69 Å². The molecule has 0 aliphatic heterocycles. The van der Waals surface area contributed by atoms with E-state index in [0.717, 1.165) is 18.5 Å². The maximum Gasteiger partial charge on any atom is 0.112 e. The average molecular weight is 258 g/mol. The average Bonchev–Trinajstić information content (AvgIpc) is 2.42. The molecule has 102 valence electrons. The van der Waals surface area contributed by atoms with Crippen LogP contribution in [-0.2, 0) is 5.41 Å². The van der Waals surface area contributed by atoms with Gasteiger partial charge in [-0.05, 0) is 36.5 Å². The minimum absolute atomic E-state index is 0.224. The summed E-state index contributed by atoms with van der Waals surface area (Å²) < 4.78 is 0. The van der Waals surface area contributed by atoms with E-state index in [2.05, 4.69) is 24.4 Å². The van der Waals surface area contributed by atoms with Crippen LogP contribution in [0.3, 0.4) is 0 Å². The van der Waals surface area contributed by atoms with Crippen LogP contribution in [0.1, 0.15) is 25.3 Å². The van der Waals surface area contributed by atoms with E-state index in [9.17, 15) is 0 Å². The van der Waals surface area contributed by atoms with Crippen molar-refractivity contribution in [3.05, 3.63) is 29.8 Å². The zero-order chi connectivity index (χ0) is 14.0. The molecule has 1 aromatic rings. The van der Waals surface area contributed by atoms with Crippen molar-refractivity contribution in [1.82, 2.24) is 4.90 Å². The first-order chi connectivity index (χ1) is 9.03. The number of benzene rings is 1. The fourth-order valence-electron chi connectivity index (χ4n) is 3.07. The van der Waals surface area contributed by atoms with Gasteiger partial charge in [0, 0.05) is 19.8 Å². The normalized spacial score (nSPS) is 25.3. The minimum atomic E-state index is -0.224. The molecule has 1 saturated carbocycles. The third kappa shape index (κ3) is 2.23. The molecule has 0 unspecified atom stereocenters. The van der Waals surface area contributed by atoms with E-state index in [4.69, 9.17) is 10.8 Å². The van der Waals surface area contributed by atoms with Crippen LogP contribution < -0.4 is 5.32 Å². The van der Waals surface area contributed by atoms with Crippen molar-refractivity contribution in [2.24, 2.45) is 5.92 Å². The molecule has 1 fully saturated rings. The zero-order valence-electron chi connectivity index (χ0n) is 11.8. The lowest BCUT2D eigenvalue weighted by Gasteiger charge is -2.48. The quantitative estimate of drug-likeness (QED) is 0.574. The van der Waals surface area contributed by atoms with Crippen LogP contribution in [-0.4, -0.2) is 31.2 Å². The Labute approximate surface area is 114 Å². The van der Waals surface area contributed by atoms with Gasteiger partial charge in [0.1, 0.15) is 5.84 Å². The van der Waals surface area contributed by atoms with Crippen molar-refractivity contribution < 1.29 is 0 Å². The Kier molecular flexibility index (Phi) is 3.60. The van der Waals surface area contributed by atoms with Crippen LogP contribution >= 0.6 is 0 Å². The van der Waals surface area contributed by atoms with Gasteiger partial charge < -0.3 is 10.2 Å². The number of amidine groups is 1. The molecule has 4 nitrogen and oxygen atoms in total. The molecule has 1 aromatic carbocycles. The van der Waals surface area contributed by atoms with Gasteiger partial charge in [0.05, 0.1) is 11.8 Å². The summed E-state index contributed by atoms with van der Waals surface area (Å²) in [7, 11) is 3.69. The number of anilines is 1. The molecular weight excluding hydrogens is 236 g/mol. The molecule has 0 saturated heterocycles. The third-order valence-electron chi connectivity index (χ3n) is 4.10. The smallest absolute Gasteiger partial charge is 0.112 e. The second kappa shape index (κ2) is 5.03. The molecule has 3 N–H and O–H groups in total. The van der Waals surface area contributed by atoms with Gasteiger partial charge in [-0.25, -0.2) is 0 Å². The van der Waals surface area contributed by atoms with Gasteiger partial charge in [-0.15, -0.1) is 0 Å². The Balaban J connectivity index is 2.39. The zero-order valence-corrected chi connectivity index (χ0v) is 11.8. The highest BCUT2D eigenvalue weighted by Crippen LogP contribution is 2.49. The van der Waals surface area contributed by atoms with Gasteiger partial charge in [-0.1, -0.05) is 19.1 Å². The highest BCUT2D eigenvalue weighted by atomic mass is 15.2. The summed E-state index contributed by atoms with van der Waals surface area (Å²) in [6, 6.07) is 8.28. The first-order valence-corrected chi connectivity index (χ1v) is 6.64. The van der Waals surface area contributed by atoms with Crippen molar-refractivity contribution in [3.8, 4) is 0 Å². The van der Waals surface area contributed by atoms with E-state index in [1.165, 1.54) is 11.9 Å². The van der Waals surface area contributed by atoms with Gasteiger partial charge in [0.15, 0.2) is 0 Å². The number of hydrogen-bond acceptors (Lipinski definition) is 3. The van der Waals surface area contributed by atoms with Gasteiger partial charge in [-0.2, -0.15) is 0 Å². The molecule has 0 bridgehead atoms. The first-order valence-electron chi connectivity index (χ1n) is 6.64. The molecule has 0 radical (unpaired) electrons. The minimum Gasteiger partial charge on any atom is -0.388 e. The van der Waals surface area contributed by atoms with Crippen LogP contribution in [0.15, 0.2) is 24.3 Å². The lowest BCUT2D eigenvalue weighted by molar-refractivity contribution is 0.217. The van der Waals surface area contributed by atoms with E-state index in [0.29, 0.717) is 11.8 Å². The molecule has 1 aliphatic rings. The van der Waals surface area contributed by atoms with Crippen LogP contribution in [0.5, 0.6) is 0 Å². The molecular formula is C15H22N4. The molecule has 0 aromatic heterocycles. The maximum absolute atomic E-state index is 8.41. The topological polar surface area (TPSA) is 63.0 Å². The van der Waals surface area contributed by atoms with Crippen molar-refractivity contribution in [3.63, 3.8) is 0 Å². The Morgan fingerprint density at radius 3 is 2.68 bits per heavy atom. The highest BCUT2D eigenvalue weighted by Gasteiger charge is 2.48. The monoisotopic (exact) mass is 258 g/mol. The Morgan fingerprint density at radius 2 is 2.16 bits per heavy atom. The molecule has 4 heteroatoms. The lowest BCUT2D eigenvalue weighted by atomic mass is 9.58. The third-order valence-corrected chi connectivity index (χ3v) is 4.10. The fraction of sp³-hybridized carbons (Fsp3) is 0.467. The van der Waals surface area contributed by atoms with E-state index >= 15 is 0 Å². The molecule has 0 amide bonds. The summed E-state index contributed by atoms with van der Waals surface area (Å²) in [4.78, 5) is 1.61. The van der Waals surface area contributed by atoms with E-state index in [1.807, 2.05) is 19.2 Å². The van der Waals surface area contributed by atoms with Crippen molar-refractivity contribution in [1.29, 1.82) is 10.8 Å². The molecule has 1 aliphatic carbocycles. The van der Waals surface area contributed by atoms with E-state index in [1.54, 1.807) is 11.9 Å². The lowest BCUT2D eigenvalue weighted by Crippen LogP contribution is -2.52. The van der Waals surface area contributed by atoms with Gasteiger partial charge in [0.2, 0.25) is 0 Å². The second-order valence-electron chi connectivity index (χ2n) is 5.51. The number of likely N-dealkylation sites (N-methyl/N-ethyl adjacent to an activating group) is 1. The predicted octanol–water partition coefficient (Wildman–Crippen LogP) is 2.91. The molecule has 19 heavy (non-hydrogen) atoms. The Hall–Kier alpha value is -1.84. The fourth-order valence-corrected chi connectivity index (χ4v) is 3.07. The van der Waals surface area contributed by atoms with Gasteiger partial charge in [0.25, 0.3) is 0 Å². The first kappa shape index (κ1) is 13.6. The predicted molar refractivity (Wildman–Crippen MR) is 80.3 cm³/mol. The number of rotatable bonds is 4. The summed E-state index contributed by atoms with van der Waals surface area (Å²) in [6.07, 6.45) is 3.18. The van der Waals surface area contributed by atoms with Crippen LogP contribution in [0.25, 0.3) is 0 Å². The van der Waals surface area contributed by atoms with Crippen molar-refractivity contribution in [2.75, 3.05) is 19.4 Å². The summed E-state index contributed by atoms with van der Waals surface area (Å²) in [6.45, 7) is 2.22. The summed E-state index contributed by atoms with van der Waals surface area (Å²) in [5.41, 5.74) is 2.02. The Bertz CT molecular complexity index is 489. The number of nitrogens with one attached hydrogen (secondary N) is 3. The van der Waals surface area contributed by atoms with Gasteiger partial charge in [-0.3, -0.25) is 10.8 Å². The standard InChI is InChI=1S/C15H22N4/c1-11-8-15(9-11,14(17)19(3)10-16)12-5-4-6-13(7-12)18-2/h4-7,10-11,16-18H,8-9H2,1-3H3. The summed E-state index contributed by atoms with van der Waals surface area (Å²) >= 11 is 0. The molecule has 0 heterocycles. The largest absolute Gasteiger partial charge is 0.388 e. The van der Waals surface area contributed by atoms with Gasteiger partial charge >= 0.3 is 0 Å². The van der Waals surface area contributed by atoms with Crippen LogP contribution in [0.2, 0.25) is 0 Å². The molecule has 0 atom stereocenters. The maximum atomic E-state index is 8.41. The summed E-state index contributed by atoms with van der Waals surface area (Å²) in [5.74, 6) is 1.16. The highest BCUT2D eigenvalue weighted by molar-refractivity contribution is 5.98. The SMILES string of the molecule is CNc1cccc(C2(C(=N)N(C)C=N)CC(C)C2)c1. The molecule has 0 spiro atoms. The Morgan fingerprint density at radius 1 is 1.47 bits per heavy atom. The van der Waals surface area contributed by atoms with Crippen molar-refractivity contribution in [2.45, 2.75) is 25.2 Å². The van der Waals surface area contributed by atoms with E-state index < -0.39 is 0 Å². The van der Waals surface area contributed by atoms with Crippen LogP contribution in [0, 0.1) is 16.7 Å². The van der Waals surface area contributed by atoms with Crippen molar-refractivity contribution >= 4 is 17.9 Å². The second-order valence-corrected chi connectivity index (χ2v) is 5.51.